The van der Waals surface area contributed by atoms with Crippen LogP contribution in [-0.4, -0.2) is 46.4 Å². The van der Waals surface area contributed by atoms with Gasteiger partial charge in [-0.25, -0.2) is 4.98 Å². The van der Waals surface area contributed by atoms with E-state index in [9.17, 15) is 4.79 Å². The summed E-state index contributed by atoms with van der Waals surface area (Å²) in [5.74, 6) is 3.06. The van der Waals surface area contributed by atoms with Crippen LogP contribution < -0.4 is 9.47 Å². The molecule has 2 heterocycles. The van der Waals surface area contributed by atoms with Gasteiger partial charge in [-0.3, -0.25) is 4.79 Å². The number of thioether (sulfide) groups is 1. The minimum absolute atomic E-state index is 0.0398. The zero-order chi connectivity index (χ0) is 16.2. The molecule has 1 aromatic heterocycles. The highest BCUT2D eigenvalue weighted by molar-refractivity contribution is 8.00. The van der Waals surface area contributed by atoms with Gasteiger partial charge in [-0.05, 0) is 24.3 Å². The number of rotatable bonds is 6. The van der Waals surface area contributed by atoms with Crippen LogP contribution >= 0.6 is 11.8 Å². The van der Waals surface area contributed by atoms with Crippen molar-refractivity contribution < 1.29 is 14.3 Å². The molecule has 7 heteroatoms. The number of hydrogen-bond donors (Lipinski definition) is 0. The summed E-state index contributed by atoms with van der Waals surface area (Å²) in [5.41, 5.74) is 0. The highest BCUT2D eigenvalue weighted by Crippen LogP contribution is 2.37. The van der Waals surface area contributed by atoms with Crippen LogP contribution in [0.15, 0.2) is 36.7 Å². The Morgan fingerprint density at radius 1 is 1.30 bits per heavy atom. The van der Waals surface area contributed by atoms with Crippen LogP contribution in [-0.2, 0) is 11.8 Å². The smallest absolute Gasteiger partial charge is 0.234 e. The van der Waals surface area contributed by atoms with Crippen LogP contribution in [0.5, 0.6) is 11.5 Å². The molecule has 0 N–H and O–H groups in total. The quantitative estimate of drug-likeness (QED) is 0.810. The number of carbonyl (C=O) groups is 1. The predicted molar refractivity (Wildman–Crippen MR) is 88.6 cm³/mol. The number of carbonyl (C=O) groups excluding carboxylic acids is 1. The fraction of sp³-hybridized carbons (Fsp3) is 0.375. The number of aryl methyl sites for hydroxylation is 1. The van der Waals surface area contributed by atoms with Crippen molar-refractivity contribution in [3.8, 4) is 11.5 Å². The van der Waals surface area contributed by atoms with E-state index >= 15 is 0 Å². The Morgan fingerprint density at radius 2 is 2.04 bits per heavy atom. The Morgan fingerprint density at radius 3 is 2.70 bits per heavy atom. The third kappa shape index (κ3) is 3.44. The molecule has 1 fully saturated rings. The normalized spacial score (nSPS) is 17.6. The molecule has 1 saturated heterocycles. The van der Waals surface area contributed by atoms with Gasteiger partial charge in [0.1, 0.15) is 29.3 Å². The maximum absolute atomic E-state index is 12.1. The van der Waals surface area contributed by atoms with Gasteiger partial charge < -0.3 is 18.9 Å². The molecular weight excluding hydrogens is 314 g/mol. The van der Waals surface area contributed by atoms with Gasteiger partial charge in [0.25, 0.3) is 0 Å². The minimum atomic E-state index is -0.0398. The standard InChI is InChI=1S/C16H19N3O3S/c1-18-8-7-17-15(18)16-19(14(20)11-23-16)9-10-22-13-5-3-12(21-2)4-6-13/h3-8,16H,9-11H2,1-2H3. The summed E-state index contributed by atoms with van der Waals surface area (Å²) in [6.07, 6.45) is 3.65. The van der Waals surface area contributed by atoms with Crippen molar-refractivity contribution in [1.29, 1.82) is 0 Å². The van der Waals surface area contributed by atoms with E-state index in [1.807, 2.05) is 47.0 Å². The molecule has 0 bridgehead atoms. The first-order valence-corrected chi connectivity index (χ1v) is 8.39. The maximum Gasteiger partial charge on any atom is 0.234 e. The fourth-order valence-corrected chi connectivity index (χ4v) is 3.70. The lowest BCUT2D eigenvalue weighted by Gasteiger charge is -2.23. The second-order valence-corrected chi connectivity index (χ2v) is 6.24. The Bertz CT molecular complexity index is 671. The Balaban J connectivity index is 1.59. The Labute approximate surface area is 139 Å². The number of ether oxygens (including phenoxy) is 2. The third-order valence-corrected chi connectivity index (χ3v) is 4.90. The average Bonchev–Trinajstić information content (AvgIpc) is 3.14. The maximum atomic E-state index is 12.1. The average molecular weight is 333 g/mol. The van der Waals surface area contributed by atoms with Crippen molar-refractivity contribution in [1.82, 2.24) is 14.5 Å². The van der Waals surface area contributed by atoms with E-state index in [1.165, 1.54) is 0 Å². The number of nitrogens with zero attached hydrogens (tertiary/aromatic N) is 3. The number of hydrogen-bond acceptors (Lipinski definition) is 5. The van der Waals surface area contributed by atoms with Gasteiger partial charge in [-0.15, -0.1) is 11.8 Å². The van der Waals surface area contributed by atoms with Gasteiger partial charge in [0.15, 0.2) is 0 Å². The van der Waals surface area contributed by atoms with Gasteiger partial charge in [0.2, 0.25) is 5.91 Å². The lowest BCUT2D eigenvalue weighted by atomic mass is 10.3. The van der Waals surface area contributed by atoms with Gasteiger partial charge in [-0.2, -0.15) is 0 Å². The number of methoxy groups -OCH3 is 1. The predicted octanol–water partition coefficient (Wildman–Crippen LogP) is 2.08. The van der Waals surface area contributed by atoms with Gasteiger partial charge in [0, 0.05) is 19.4 Å². The zero-order valence-electron chi connectivity index (χ0n) is 13.1. The molecule has 1 unspecified atom stereocenters. The van der Waals surface area contributed by atoms with Crippen molar-refractivity contribution in [3.63, 3.8) is 0 Å². The molecule has 0 saturated carbocycles. The Kier molecular flexibility index (Phi) is 4.76. The van der Waals surface area contributed by atoms with Crippen molar-refractivity contribution in [3.05, 3.63) is 42.5 Å². The number of imidazole rings is 1. The molecule has 23 heavy (non-hydrogen) atoms. The summed E-state index contributed by atoms with van der Waals surface area (Å²) < 4.78 is 12.8. The van der Waals surface area contributed by atoms with E-state index in [0.29, 0.717) is 18.9 Å². The lowest BCUT2D eigenvalue weighted by molar-refractivity contribution is -0.128. The molecule has 1 aromatic carbocycles. The monoisotopic (exact) mass is 333 g/mol. The van der Waals surface area contributed by atoms with E-state index < -0.39 is 0 Å². The first-order valence-electron chi connectivity index (χ1n) is 7.34. The van der Waals surface area contributed by atoms with E-state index in [-0.39, 0.29) is 11.3 Å². The van der Waals surface area contributed by atoms with Gasteiger partial charge in [-0.1, -0.05) is 0 Å². The van der Waals surface area contributed by atoms with Crippen LogP contribution in [0.1, 0.15) is 11.2 Å². The van der Waals surface area contributed by atoms with E-state index in [2.05, 4.69) is 4.98 Å². The van der Waals surface area contributed by atoms with Crippen LogP contribution in [0.3, 0.4) is 0 Å². The molecule has 1 aliphatic rings. The fourth-order valence-electron chi connectivity index (χ4n) is 2.46. The van der Waals surface area contributed by atoms with Gasteiger partial charge >= 0.3 is 0 Å². The molecule has 0 spiro atoms. The molecular formula is C16H19N3O3S. The zero-order valence-corrected chi connectivity index (χ0v) is 14.0. The van der Waals surface area contributed by atoms with Crippen LogP contribution in [0.2, 0.25) is 0 Å². The van der Waals surface area contributed by atoms with Crippen molar-refractivity contribution >= 4 is 17.7 Å². The number of benzene rings is 1. The molecule has 3 rings (SSSR count). The third-order valence-electron chi connectivity index (χ3n) is 3.71. The van der Waals surface area contributed by atoms with Crippen molar-refractivity contribution in [2.75, 3.05) is 26.0 Å². The van der Waals surface area contributed by atoms with Crippen LogP contribution in [0.25, 0.3) is 0 Å². The first kappa shape index (κ1) is 15.7. The molecule has 122 valence electrons. The topological polar surface area (TPSA) is 56.6 Å². The summed E-state index contributed by atoms with van der Waals surface area (Å²) in [6.45, 7) is 0.981. The summed E-state index contributed by atoms with van der Waals surface area (Å²) in [7, 11) is 3.57. The molecule has 0 radical (unpaired) electrons. The first-order chi connectivity index (χ1) is 11.2. The van der Waals surface area contributed by atoms with E-state index in [1.54, 1.807) is 25.1 Å². The van der Waals surface area contributed by atoms with Crippen LogP contribution in [0, 0.1) is 0 Å². The van der Waals surface area contributed by atoms with E-state index in [4.69, 9.17) is 9.47 Å². The molecule has 1 atom stereocenters. The van der Waals surface area contributed by atoms with Crippen molar-refractivity contribution in [2.24, 2.45) is 7.05 Å². The Hall–Kier alpha value is -2.15. The molecule has 0 aliphatic carbocycles. The highest BCUT2D eigenvalue weighted by Gasteiger charge is 2.34. The number of aromatic nitrogens is 2. The summed E-state index contributed by atoms with van der Waals surface area (Å²) in [6, 6.07) is 7.41. The SMILES string of the molecule is COc1ccc(OCCN2C(=O)CSC2c2nccn2C)cc1. The largest absolute Gasteiger partial charge is 0.497 e. The van der Waals surface area contributed by atoms with E-state index in [0.717, 1.165) is 17.3 Å². The highest BCUT2D eigenvalue weighted by atomic mass is 32.2. The summed E-state index contributed by atoms with van der Waals surface area (Å²) in [4.78, 5) is 18.3. The van der Waals surface area contributed by atoms with Crippen LogP contribution in [0.4, 0.5) is 0 Å². The molecule has 1 aliphatic heterocycles. The van der Waals surface area contributed by atoms with Gasteiger partial charge in [0.05, 0.1) is 19.4 Å². The number of amides is 1. The second kappa shape index (κ2) is 6.95. The lowest BCUT2D eigenvalue weighted by Crippen LogP contribution is -2.33. The van der Waals surface area contributed by atoms with Crippen molar-refractivity contribution in [2.45, 2.75) is 5.37 Å². The second-order valence-electron chi connectivity index (χ2n) is 5.17. The summed E-state index contributed by atoms with van der Waals surface area (Å²) in [5, 5.41) is -0.0398. The molecule has 1 amide bonds. The minimum Gasteiger partial charge on any atom is -0.497 e. The molecule has 2 aromatic rings. The molecule has 6 nitrogen and oxygen atoms in total. The summed E-state index contributed by atoms with van der Waals surface area (Å²) >= 11 is 1.60.